The topological polar surface area (TPSA) is 98.2 Å². The van der Waals surface area contributed by atoms with Crippen molar-refractivity contribution >= 4 is 10.0 Å². The molecule has 0 saturated carbocycles. The lowest BCUT2D eigenvalue weighted by molar-refractivity contribution is 0.268. The molecule has 0 aliphatic carbocycles. The fourth-order valence-electron chi connectivity index (χ4n) is 0.789. The summed E-state index contributed by atoms with van der Waals surface area (Å²) in [7, 11) is -4.12. The number of nitrogens with two attached hydrogens (primary N) is 1. The van der Waals surface area contributed by atoms with E-state index in [1.807, 2.05) is 0 Å². The SMILES string of the molecule is NS(=O)(=O)c1nn(CCO)cc1F. The van der Waals surface area contributed by atoms with Gasteiger partial charge in [0.2, 0.25) is 5.03 Å². The van der Waals surface area contributed by atoms with E-state index in [1.54, 1.807) is 0 Å². The molecule has 0 fully saturated rings. The van der Waals surface area contributed by atoms with Gasteiger partial charge >= 0.3 is 0 Å². The van der Waals surface area contributed by atoms with Gasteiger partial charge in [-0.1, -0.05) is 0 Å². The number of aromatic nitrogens is 2. The Morgan fingerprint density at radius 2 is 2.31 bits per heavy atom. The molecule has 0 aliphatic rings. The van der Waals surface area contributed by atoms with Crippen LogP contribution in [-0.2, 0) is 16.6 Å². The largest absolute Gasteiger partial charge is 0.394 e. The van der Waals surface area contributed by atoms with Crippen molar-refractivity contribution in [2.24, 2.45) is 5.14 Å². The standard InChI is InChI=1S/C5H8FN3O3S/c6-4-3-9(1-2-10)8-5(4)13(7,11)12/h3,10H,1-2H2,(H2,7,11,12). The summed E-state index contributed by atoms with van der Waals surface area (Å²) in [6.45, 7) is -0.238. The maximum Gasteiger partial charge on any atom is 0.260 e. The van der Waals surface area contributed by atoms with Crippen molar-refractivity contribution in [3.8, 4) is 0 Å². The maximum atomic E-state index is 12.8. The number of hydrogen-bond acceptors (Lipinski definition) is 4. The van der Waals surface area contributed by atoms with Gasteiger partial charge in [0, 0.05) is 0 Å². The third kappa shape index (κ3) is 2.23. The Hall–Kier alpha value is -0.990. The average molecular weight is 209 g/mol. The van der Waals surface area contributed by atoms with E-state index in [9.17, 15) is 12.8 Å². The van der Waals surface area contributed by atoms with Gasteiger partial charge in [-0.3, -0.25) is 4.68 Å². The maximum absolute atomic E-state index is 12.8. The van der Waals surface area contributed by atoms with Crippen LogP contribution in [0.2, 0.25) is 0 Å². The summed E-state index contributed by atoms with van der Waals surface area (Å²) in [5, 5.41) is 15.7. The smallest absolute Gasteiger partial charge is 0.260 e. The van der Waals surface area contributed by atoms with E-state index >= 15 is 0 Å². The van der Waals surface area contributed by atoms with Crippen molar-refractivity contribution in [1.29, 1.82) is 0 Å². The first-order valence-corrected chi connectivity index (χ1v) is 4.86. The Morgan fingerprint density at radius 3 is 2.69 bits per heavy atom. The highest BCUT2D eigenvalue weighted by atomic mass is 32.2. The Kier molecular flexibility index (Phi) is 2.64. The van der Waals surface area contributed by atoms with E-state index in [0.717, 1.165) is 10.9 Å². The van der Waals surface area contributed by atoms with Gasteiger partial charge in [-0.2, -0.15) is 5.10 Å². The minimum atomic E-state index is -4.12. The van der Waals surface area contributed by atoms with Crippen LogP contribution < -0.4 is 5.14 Å². The molecule has 8 heteroatoms. The highest BCUT2D eigenvalue weighted by Crippen LogP contribution is 2.08. The Labute approximate surface area is 73.8 Å². The predicted molar refractivity (Wildman–Crippen MR) is 40.6 cm³/mol. The Morgan fingerprint density at radius 1 is 1.69 bits per heavy atom. The van der Waals surface area contributed by atoms with Gasteiger partial charge in [-0.15, -0.1) is 0 Å². The van der Waals surface area contributed by atoms with Crippen LogP contribution in [0.4, 0.5) is 4.39 Å². The van der Waals surface area contributed by atoms with Gasteiger partial charge < -0.3 is 5.11 Å². The number of hydrogen-bond donors (Lipinski definition) is 2. The van der Waals surface area contributed by atoms with Gasteiger partial charge in [-0.25, -0.2) is 17.9 Å². The first-order chi connectivity index (χ1) is 5.95. The number of primary sulfonamides is 1. The van der Waals surface area contributed by atoms with Crippen LogP contribution in [0.15, 0.2) is 11.2 Å². The van der Waals surface area contributed by atoms with Crippen LogP contribution >= 0.6 is 0 Å². The third-order valence-electron chi connectivity index (χ3n) is 1.28. The van der Waals surface area contributed by atoms with Crippen LogP contribution in [0.3, 0.4) is 0 Å². The minimum absolute atomic E-state index is 0.0203. The summed E-state index contributed by atoms with van der Waals surface area (Å²) in [5.41, 5.74) is 0. The zero-order valence-electron chi connectivity index (χ0n) is 6.51. The quantitative estimate of drug-likeness (QED) is 0.643. The van der Waals surface area contributed by atoms with Gasteiger partial charge in [0.1, 0.15) is 0 Å². The van der Waals surface area contributed by atoms with Crippen LogP contribution in [0.5, 0.6) is 0 Å². The summed E-state index contributed by atoms with van der Waals surface area (Å²) >= 11 is 0. The van der Waals surface area contributed by atoms with Crippen molar-refractivity contribution in [2.45, 2.75) is 11.6 Å². The molecule has 0 bridgehead atoms. The zero-order valence-corrected chi connectivity index (χ0v) is 7.33. The number of aliphatic hydroxyl groups excluding tert-OH is 1. The molecule has 0 aromatic carbocycles. The lowest BCUT2D eigenvalue weighted by atomic mass is 10.6. The van der Waals surface area contributed by atoms with E-state index < -0.39 is 20.9 Å². The number of rotatable bonds is 3. The predicted octanol–water partition coefficient (Wildman–Crippen LogP) is -1.34. The van der Waals surface area contributed by atoms with Gasteiger partial charge in [0.25, 0.3) is 10.0 Å². The number of halogens is 1. The van der Waals surface area contributed by atoms with Gasteiger partial charge in [0.05, 0.1) is 19.3 Å². The lowest BCUT2D eigenvalue weighted by Gasteiger charge is -1.94. The van der Waals surface area contributed by atoms with Crippen LogP contribution in [0.25, 0.3) is 0 Å². The molecule has 1 heterocycles. The summed E-state index contributed by atoms with van der Waals surface area (Å²) in [6.07, 6.45) is 0.857. The second-order valence-corrected chi connectivity index (χ2v) is 3.79. The monoisotopic (exact) mass is 209 g/mol. The number of sulfonamides is 1. The molecule has 13 heavy (non-hydrogen) atoms. The molecule has 3 N–H and O–H groups in total. The van der Waals surface area contributed by atoms with Crippen molar-refractivity contribution in [2.75, 3.05) is 6.61 Å². The Bertz CT molecular complexity index is 399. The fourth-order valence-corrected chi connectivity index (χ4v) is 1.33. The van der Waals surface area contributed by atoms with Crippen LogP contribution in [0.1, 0.15) is 0 Å². The molecule has 0 atom stereocenters. The summed E-state index contributed by atoms with van der Waals surface area (Å²) in [6, 6.07) is 0. The summed E-state index contributed by atoms with van der Waals surface area (Å²) in [5.74, 6) is -1.02. The third-order valence-corrected chi connectivity index (χ3v) is 2.10. The molecule has 1 aromatic heterocycles. The minimum Gasteiger partial charge on any atom is -0.394 e. The molecule has 1 rings (SSSR count). The van der Waals surface area contributed by atoms with E-state index in [-0.39, 0.29) is 13.2 Å². The van der Waals surface area contributed by atoms with Gasteiger partial charge in [-0.05, 0) is 0 Å². The highest BCUT2D eigenvalue weighted by Gasteiger charge is 2.18. The molecular weight excluding hydrogens is 201 g/mol. The zero-order chi connectivity index (χ0) is 10.1. The summed E-state index contributed by atoms with van der Waals surface area (Å²) in [4.78, 5) is 0. The first kappa shape index (κ1) is 10.1. The molecule has 0 saturated heterocycles. The average Bonchev–Trinajstić information content (AvgIpc) is 2.30. The van der Waals surface area contributed by atoms with E-state index in [2.05, 4.69) is 10.2 Å². The fraction of sp³-hybridized carbons (Fsp3) is 0.400. The van der Waals surface area contributed by atoms with E-state index in [0.29, 0.717) is 0 Å². The van der Waals surface area contributed by atoms with E-state index in [1.165, 1.54) is 0 Å². The number of nitrogens with zero attached hydrogens (tertiary/aromatic N) is 2. The molecule has 0 radical (unpaired) electrons. The van der Waals surface area contributed by atoms with Crippen LogP contribution in [0, 0.1) is 5.82 Å². The molecule has 0 spiro atoms. The van der Waals surface area contributed by atoms with E-state index in [4.69, 9.17) is 5.11 Å². The molecule has 0 unspecified atom stereocenters. The molecule has 0 aliphatic heterocycles. The highest BCUT2D eigenvalue weighted by molar-refractivity contribution is 7.89. The molecule has 0 amide bonds. The first-order valence-electron chi connectivity index (χ1n) is 3.32. The normalized spacial score (nSPS) is 11.9. The molecular formula is C5H8FN3O3S. The molecule has 1 aromatic rings. The second kappa shape index (κ2) is 3.40. The Balaban J connectivity index is 3.11. The summed E-state index contributed by atoms with van der Waals surface area (Å²) < 4.78 is 35.1. The van der Waals surface area contributed by atoms with Crippen molar-refractivity contribution < 1.29 is 17.9 Å². The molecule has 6 nitrogen and oxygen atoms in total. The van der Waals surface area contributed by atoms with Crippen LogP contribution in [-0.4, -0.2) is 29.9 Å². The van der Waals surface area contributed by atoms with Crippen molar-refractivity contribution in [3.63, 3.8) is 0 Å². The molecule has 74 valence electrons. The lowest BCUT2D eigenvalue weighted by Crippen LogP contribution is -2.15. The van der Waals surface area contributed by atoms with Crippen molar-refractivity contribution in [1.82, 2.24) is 9.78 Å². The number of aliphatic hydroxyl groups is 1. The van der Waals surface area contributed by atoms with Crippen molar-refractivity contribution in [3.05, 3.63) is 12.0 Å². The second-order valence-electron chi connectivity index (χ2n) is 2.31. The van der Waals surface area contributed by atoms with Gasteiger partial charge in [0.15, 0.2) is 5.82 Å².